The summed E-state index contributed by atoms with van der Waals surface area (Å²) in [5.41, 5.74) is 1.80. The van der Waals surface area contributed by atoms with Gasteiger partial charge in [0.05, 0.1) is 5.51 Å². The highest BCUT2D eigenvalue weighted by atomic mass is 35.5. The number of anilines is 2. The molecule has 1 N–H and O–H groups in total. The quantitative estimate of drug-likeness (QED) is 0.433. The molecule has 2 atom stereocenters. The molecule has 5 rings (SSSR count). The summed E-state index contributed by atoms with van der Waals surface area (Å²) >= 11 is 7.72. The fourth-order valence-corrected chi connectivity index (χ4v) is 5.62. The van der Waals surface area contributed by atoms with Gasteiger partial charge < -0.3 is 5.32 Å². The van der Waals surface area contributed by atoms with Crippen LogP contribution >= 0.6 is 22.9 Å². The van der Waals surface area contributed by atoms with Crippen LogP contribution in [0.25, 0.3) is 0 Å². The first-order valence-corrected chi connectivity index (χ1v) is 13.2. The number of benzene rings is 2. The third kappa shape index (κ3) is 5.12. The van der Waals surface area contributed by atoms with Crippen LogP contribution in [0.4, 0.5) is 24.7 Å². The molecule has 2 aliphatic rings. The summed E-state index contributed by atoms with van der Waals surface area (Å²) < 4.78 is 41.5. The Morgan fingerprint density at radius 3 is 2.61 bits per heavy atom. The van der Waals surface area contributed by atoms with Crippen molar-refractivity contribution in [3.8, 4) is 0 Å². The molecular weight excluding hydrogens is 541 g/mol. The first kappa shape index (κ1) is 26.2. The van der Waals surface area contributed by atoms with E-state index in [1.807, 2.05) is 0 Å². The van der Waals surface area contributed by atoms with Gasteiger partial charge in [-0.25, -0.2) is 18.2 Å². The van der Waals surface area contributed by atoms with Crippen LogP contribution in [0.3, 0.4) is 0 Å². The Bertz CT molecular complexity index is 1370. The van der Waals surface area contributed by atoms with Crippen LogP contribution in [0.5, 0.6) is 0 Å². The number of hydrogen-bond donors (Lipinski definition) is 1. The summed E-state index contributed by atoms with van der Waals surface area (Å²) in [5.74, 6) is -4.96. The minimum absolute atomic E-state index is 0.0478. The van der Waals surface area contributed by atoms with Crippen molar-refractivity contribution >= 4 is 52.2 Å². The molecule has 198 valence electrons. The Hall–Kier alpha value is -3.44. The minimum Gasteiger partial charge on any atom is -0.351 e. The standard InChI is InChI=1S/C26H22ClF3N4O3S/c27-19-7-2-1-6-18(19)23(24(36)32-16-11-26(29,30)12-16)33(17-5-3-4-15(28)10-17)25(37)20-8-9-22(35)34(20)21-13-38-14-31-21/h1-7,10,13-14,16,20,23H,8-9,11-12H2,(H,32,36)/t20-,23?/m0/s1. The monoisotopic (exact) mass is 562 g/mol. The van der Waals surface area contributed by atoms with E-state index in [0.717, 1.165) is 11.0 Å². The van der Waals surface area contributed by atoms with Crippen LogP contribution in [-0.2, 0) is 14.4 Å². The number of nitrogens with one attached hydrogen (secondary N) is 1. The van der Waals surface area contributed by atoms with E-state index in [-0.39, 0.29) is 35.0 Å². The number of carbonyl (C=O) groups is 3. The Morgan fingerprint density at radius 2 is 1.95 bits per heavy atom. The van der Waals surface area contributed by atoms with Crippen LogP contribution in [0.1, 0.15) is 37.3 Å². The molecule has 1 aromatic heterocycles. The van der Waals surface area contributed by atoms with Crippen molar-refractivity contribution in [2.24, 2.45) is 0 Å². The highest BCUT2D eigenvalue weighted by molar-refractivity contribution is 7.07. The molecule has 0 spiro atoms. The zero-order valence-corrected chi connectivity index (χ0v) is 21.4. The number of aromatic nitrogens is 1. The van der Waals surface area contributed by atoms with E-state index in [0.29, 0.717) is 5.82 Å². The summed E-state index contributed by atoms with van der Waals surface area (Å²) in [6.07, 6.45) is -0.842. The van der Waals surface area contributed by atoms with Gasteiger partial charge in [0.15, 0.2) is 0 Å². The molecule has 2 fully saturated rings. The molecule has 2 heterocycles. The summed E-state index contributed by atoms with van der Waals surface area (Å²) in [7, 11) is 0. The van der Waals surface area contributed by atoms with Gasteiger partial charge in [-0.05, 0) is 30.7 Å². The molecule has 3 aromatic rings. The second-order valence-electron chi connectivity index (χ2n) is 9.25. The summed E-state index contributed by atoms with van der Waals surface area (Å²) in [6.45, 7) is 0. The topological polar surface area (TPSA) is 82.6 Å². The Kier molecular flexibility index (Phi) is 7.15. The van der Waals surface area contributed by atoms with Gasteiger partial charge in [-0.1, -0.05) is 35.9 Å². The molecule has 1 saturated heterocycles. The minimum atomic E-state index is -2.88. The van der Waals surface area contributed by atoms with E-state index in [9.17, 15) is 27.6 Å². The number of carbonyl (C=O) groups excluding carboxylic acids is 3. The number of rotatable bonds is 7. The first-order chi connectivity index (χ1) is 18.1. The van der Waals surface area contributed by atoms with Crippen molar-refractivity contribution in [1.82, 2.24) is 10.3 Å². The maximum absolute atomic E-state index is 14.4. The molecule has 7 nitrogen and oxygen atoms in total. The number of halogens is 4. The van der Waals surface area contributed by atoms with Gasteiger partial charge in [0.2, 0.25) is 11.8 Å². The summed E-state index contributed by atoms with van der Waals surface area (Å²) in [6, 6.07) is 8.20. The third-order valence-electron chi connectivity index (χ3n) is 6.63. The average molecular weight is 563 g/mol. The van der Waals surface area contributed by atoms with Crippen molar-refractivity contribution in [2.75, 3.05) is 9.80 Å². The second kappa shape index (κ2) is 10.4. The fraction of sp³-hybridized carbons (Fsp3) is 0.308. The lowest BCUT2D eigenvalue weighted by Gasteiger charge is -2.39. The van der Waals surface area contributed by atoms with Gasteiger partial charge in [-0.15, -0.1) is 11.3 Å². The summed E-state index contributed by atoms with van der Waals surface area (Å²) in [4.78, 5) is 47.3. The molecule has 1 saturated carbocycles. The van der Waals surface area contributed by atoms with E-state index >= 15 is 0 Å². The SMILES string of the molecule is O=C(NC1CC(F)(F)C1)C(c1ccccc1Cl)N(C(=O)[C@@H]1CCC(=O)N1c1cscn1)c1cccc(F)c1. The van der Waals surface area contributed by atoms with Crippen molar-refractivity contribution in [1.29, 1.82) is 0 Å². The second-order valence-corrected chi connectivity index (χ2v) is 10.4. The molecule has 0 radical (unpaired) electrons. The van der Waals surface area contributed by atoms with Crippen LogP contribution in [0, 0.1) is 5.82 Å². The van der Waals surface area contributed by atoms with E-state index in [1.165, 1.54) is 46.0 Å². The van der Waals surface area contributed by atoms with Crippen LogP contribution in [0.15, 0.2) is 59.4 Å². The molecule has 3 amide bonds. The first-order valence-electron chi connectivity index (χ1n) is 11.9. The van der Waals surface area contributed by atoms with Gasteiger partial charge in [0.1, 0.15) is 23.7 Å². The number of thiazole rings is 1. The van der Waals surface area contributed by atoms with Gasteiger partial charge >= 0.3 is 0 Å². The van der Waals surface area contributed by atoms with Crippen molar-refractivity contribution in [3.63, 3.8) is 0 Å². The van der Waals surface area contributed by atoms with E-state index in [4.69, 9.17) is 11.6 Å². The summed E-state index contributed by atoms with van der Waals surface area (Å²) in [5, 5.41) is 4.38. The van der Waals surface area contributed by atoms with Crippen LogP contribution in [0.2, 0.25) is 5.02 Å². The number of nitrogens with zero attached hydrogens (tertiary/aromatic N) is 3. The number of amides is 3. The molecule has 0 bridgehead atoms. The zero-order valence-electron chi connectivity index (χ0n) is 19.8. The molecule has 1 unspecified atom stereocenters. The molecule has 12 heteroatoms. The zero-order chi connectivity index (χ0) is 27.0. The Labute approximate surface area is 225 Å². The smallest absolute Gasteiger partial charge is 0.252 e. The maximum atomic E-state index is 14.4. The lowest BCUT2D eigenvalue weighted by molar-refractivity contribution is -0.133. The van der Waals surface area contributed by atoms with Crippen LogP contribution in [-0.4, -0.2) is 40.7 Å². The van der Waals surface area contributed by atoms with Crippen molar-refractivity contribution in [2.45, 2.75) is 49.7 Å². The molecule has 2 aromatic carbocycles. The third-order valence-corrected chi connectivity index (χ3v) is 7.55. The lowest BCUT2D eigenvalue weighted by Crippen LogP contribution is -2.56. The predicted octanol–water partition coefficient (Wildman–Crippen LogP) is 5.12. The normalized spacial score (nSPS) is 19.6. The molecule has 38 heavy (non-hydrogen) atoms. The molecule has 1 aliphatic heterocycles. The van der Waals surface area contributed by atoms with Crippen molar-refractivity contribution < 1.29 is 27.6 Å². The predicted molar refractivity (Wildman–Crippen MR) is 137 cm³/mol. The fourth-order valence-electron chi connectivity index (χ4n) is 4.86. The van der Waals surface area contributed by atoms with Crippen molar-refractivity contribution in [3.05, 3.63) is 75.8 Å². The Balaban J connectivity index is 1.59. The number of alkyl halides is 2. The van der Waals surface area contributed by atoms with E-state index in [1.54, 1.807) is 23.6 Å². The van der Waals surface area contributed by atoms with Crippen LogP contribution < -0.4 is 15.1 Å². The maximum Gasteiger partial charge on any atom is 0.252 e. The van der Waals surface area contributed by atoms with Gasteiger partial charge in [-0.2, -0.15) is 0 Å². The van der Waals surface area contributed by atoms with Gasteiger partial charge in [0, 0.05) is 47.0 Å². The lowest BCUT2D eigenvalue weighted by atomic mass is 9.87. The van der Waals surface area contributed by atoms with Gasteiger partial charge in [0.25, 0.3) is 11.8 Å². The highest BCUT2D eigenvalue weighted by Crippen LogP contribution is 2.39. The van der Waals surface area contributed by atoms with E-state index in [2.05, 4.69) is 10.3 Å². The van der Waals surface area contributed by atoms with Gasteiger partial charge in [-0.3, -0.25) is 24.2 Å². The molecular formula is C26H22ClF3N4O3S. The number of hydrogen-bond acceptors (Lipinski definition) is 5. The molecule has 1 aliphatic carbocycles. The largest absolute Gasteiger partial charge is 0.351 e. The van der Waals surface area contributed by atoms with E-state index < -0.39 is 54.5 Å². The Morgan fingerprint density at radius 1 is 1.18 bits per heavy atom. The highest BCUT2D eigenvalue weighted by Gasteiger charge is 2.48. The average Bonchev–Trinajstić information content (AvgIpc) is 3.51.